The summed E-state index contributed by atoms with van der Waals surface area (Å²) in [6.45, 7) is 3.98. The van der Waals surface area contributed by atoms with E-state index >= 15 is 0 Å². The summed E-state index contributed by atoms with van der Waals surface area (Å²) in [7, 11) is 0. The van der Waals surface area contributed by atoms with Crippen molar-refractivity contribution in [1.82, 2.24) is 0 Å². The van der Waals surface area contributed by atoms with Crippen LogP contribution < -0.4 is 10.6 Å². The van der Waals surface area contributed by atoms with Crippen molar-refractivity contribution < 1.29 is 4.79 Å². The van der Waals surface area contributed by atoms with E-state index in [0.29, 0.717) is 12.1 Å². The summed E-state index contributed by atoms with van der Waals surface area (Å²) in [4.78, 5) is 12.1. The molecule has 5 heteroatoms. The molecule has 102 valence electrons. The Balaban J connectivity index is 2.14. The lowest BCUT2D eigenvalue weighted by Crippen LogP contribution is -2.08. The van der Waals surface area contributed by atoms with Crippen molar-refractivity contribution in [3.63, 3.8) is 0 Å². The molecule has 4 nitrogen and oxygen atoms in total. The minimum Gasteiger partial charge on any atom is -0.379 e. The van der Waals surface area contributed by atoms with Gasteiger partial charge in [0.15, 0.2) is 0 Å². The van der Waals surface area contributed by atoms with Crippen LogP contribution in [0.5, 0.6) is 0 Å². The molecule has 0 fully saturated rings. The molecule has 0 aliphatic carbocycles. The number of thiophene rings is 1. The number of hydrogen-bond donors (Lipinski definition) is 2. The number of rotatable bonds is 4. The summed E-state index contributed by atoms with van der Waals surface area (Å²) in [5.74, 6) is -0.0853. The van der Waals surface area contributed by atoms with Crippen molar-refractivity contribution in [3.05, 3.63) is 45.6 Å². The van der Waals surface area contributed by atoms with E-state index in [9.17, 15) is 10.1 Å². The van der Waals surface area contributed by atoms with E-state index in [1.807, 2.05) is 36.6 Å². The maximum Gasteiger partial charge on any atom is 0.221 e. The maximum absolute atomic E-state index is 11.1. The molecule has 0 saturated carbocycles. The van der Waals surface area contributed by atoms with Gasteiger partial charge in [0.25, 0.3) is 0 Å². The van der Waals surface area contributed by atoms with Gasteiger partial charge in [-0.15, -0.1) is 11.3 Å². The second kappa shape index (κ2) is 6.22. The summed E-state index contributed by atoms with van der Waals surface area (Å²) >= 11 is 1.57. The SMILES string of the molecule is CC(=O)Nc1ccsc1CNc1cccc(C)c1C#N. The fraction of sp³-hybridized carbons (Fsp3) is 0.200. The topological polar surface area (TPSA) is 64.9 Å². The molecule has 2 N–H and O–H groups in total. The van der Waals surface area contributed by atoms with Crippen LogP contribution in [0.4, 0.5) is 11.4 Å². The van der Waals surface area contributed by atoms with Crippen LogP contribution >= 0.6 is 11.3 Å². The molecule has 20 heavy (non-hydrogen) atoms. The molecule has 0 unspecified atom stereocenters. The quantitative estimate of drug-likeness (QED) is 0.903. The third kappa shape index (κ3) is 3.16. The first-order valence-corrected chi connectivity index (χ1v) is 7.07. The summed E-state index contributed by atoms with van der Waals surface area (Å²) in [6.07, 6.45) is 0. The summed E-state index contributed by atoms with van der Waals surface area (Å²) in [6, 6.07) is 9.81. The lowest BCUT2D eigenvalue weighted by atomic mass is 10.1. The minimum absolute atomic E-state index is 0.0853. The summed E-state index contributed by atoms with van der Waals surface area (Å²) in [5.41, 5.74) is 3.24. The Hall–Kier alpha value is -2.32. The van der Waals surface area contributed by atoms with E-state index in [4.69, 9.17) is 0 Å². The number of anilines is 2. The van der Waals surface area contributed by atoms with Crippen molar-refractivity contribution in [2.24, 2.45) is 0 Å². The Bertz CT molecular complexity index is 670. The molecule has 2 rings (SSSR count). The van der Waals surface area contributed by atoms with Crippen molar-refractivity contribution in [3.8, 4) is 6.07 Å². The predicted molar refractivity (Wildman–Crippen MR) is 81.8 cm³/mol. The van der Waals surface area contributed by atoms with Gasteiger partial charge < -0.3 is 10.6 Å². The fourth-order valence-electron chi connectivity index (χ4n) is 1.92. The van der Waals surface area contributed by atoms with Gasteiger partial charge in [-0.25, -0.2) is 0 Å². The van der Waals surface area contributed by atoms with Crippen LogP contribution in [0.25, 0.3) is 0 Å². The van der Waals surface area contributed by atoms with Gasteiger partial charge in [-0.05, 0) is 30.0 Å². The molecule has 0 atom stereocenters. The second-order valence-corrected chi connectivity index (χ2v) is 5.40. The van der Waals surface area contributed by atoms with Crippen molar-refractivity contribution in [2.75, 3.05) is 10.6 Å². The first-order chi connectivity index (χ1) is 9.61. The third-order valence-electron chi connectivity index (χ3n) is 2.88. The van der Waals surface area contributed by atoms with Crippen LogP contribution in [-0.4, -0.2) is 5.91 Å². The van der Waals surface area contributed by atoms with Crippen LogP contribution in [0.3, 0.4) is 0 Å². The molecule has 1 heterocycles. The summed E-state index contributed by atoms with van der Waals surface area (Å²) < 4.78 is 0. The molecular weight excluding hydrogens is 270 g/mol. The fourth-order valence-corrected chi connectivity index (χ4v) is 2.69. The van der Waals surface area contributed by atoms with Gasteiger partial charge >= 0.3 is 0 Å². The molecule has 0 spiro atoms. The highest BCUT2D eigenvalue weighted by molar-refractivity contribution is 7.10. The number of aryl methyl sites for hydroxylation is 1. The van der Waals surface area contributed by atoms with Crippen molar-refractivity contribution in [1.29, 1.82) is 5.26 Å². The molecule has 1 aromatic carbocycles. The van der Waals surface area contributed by atoms with Crippen LogP contribution in [0.1, 0.15) is 22.9 Å². The first-order valence-electron chi connectivity index (χ1n) is 6.19. The number of benzene rings is 1. The van der Waals surface area contributed by atoms with Gasteiger partial charge in [0.2, 0.25) is 5.91 Å². The normalized spacial score (nSPS) is 9.85. The van der Waals surface area contributed by atoms with E-state index in [1.165, 1.54) is 6.92 Å². The van der Waals surface area contributed by atoms with Gasteiger partial charge in [-0.3, -0.25) is 4.79 Å². The Morgan fingerprint density at radius 3 is 2.85 bits per heavy atom. The molecule has 2 aromatic rings. The molecule has 0 aliphatic rings. The number of nitrogens with zero attached hydrogens (tertiary/aromatic N) is 1. The molecule has 0 radical (unpaired) electrons. The van der Waals surface area contributed by atoms with Gasteiger partial charge in [0.05, 0.1) is 23.5 Å². The molecule has 0 saturated heterocycles. The Labute approximate surface area is 122 Å². The van der Waals surface area contributed by atoms with E-state index in [-0.39, 0.29) is 5.91 Å². The van der Waals surface area contributed by atoms with Gasteiger partial charge in [0, 0.05) is 11.8 Å². The molecular formula is C15H15N3OS. The van der Waals surface area contributed by atoms with E-state index in [1.54, 1.807) is 11.3 Å². The molecule has 1 amide bonds. The maximum atomic E-state index is 11.1. The van der Waals surface area contributed by atoms with Gasteiger partial charge in [-0.2, -0.15) is 5.26 Å². The largest absolute Gasteiger partial charge is 0.379 e. The zero-order valence-electron chi connectivity index (χ0n) is 11.4. The van der Waals surface area contributed by atoms with Crippen molar-refractivity contribution in [2.45, 2.75) is 20.4 Å². The lowest BCUT2D eigenvalue weighted by Gasteiger charge is -2.10. The smallest absolute Gasteiger partial charge is 0.221 e. The van der Waals surface area contributed by atoms with Crippen LogP contribution in [-0.2, 0) is 11.3 Å². The Kier molecular flexibility index (Phi) is 4.38. The first kappa shape index (κ1) is 14.1. The Morgan fingerprint density at radius 2 is 2.15 bits per heavy atom. The van der Waals surface area contributed by atoms with Gasteiger partial charge in [-0.1, -0.05) is 12.1 Å². The average molecular weight is 285 g/mol. The highest BCUT2D eigenvalue weighted by Crippen LogP contribution is 2.25. The standard InChI is InChI=1S/C15H15N3OS/c1-10-4-3-5-13(12(10)8-16)17-9-15-14(6-7-20-15)18-11(2)19/h3-7,17H,9H2,1-2H3,(H,18,19). The number of nitrogens with one attached hydrogen (secondary N) is 2. The second-order valence-electron chi connectivity index (χ2n) is 4.40. The molecule has 0 aliphatic heterocycles. The summed E-state index contributed by atoms with van der Waals surface area (Å²) in [5, 5.41) is 17.2. The van der Waals surface area contributed by atoms with Gasteiger partial charge in [0.1, 0.15) is 6.07 Å². The highest BCUT2D eigenvalue weighted by atomic mass is 32.1. The van der Waals surface area contributed by atoms with E-state index < -0.39 is 0 Å². The number of carbonyl (C=O) groups is 1. The lowest BCUT2D eigenvalue weighted by molar-refractivity contribution is -0.114. The molecule has 1 aromatic heterocycles. The number of carbonyl (C=O) groups excluding carboxylic acids is 1. The average Bonchev–Trinajstić information content (AvgIpc) is 2.83. The van der Waals surface area contributed by atoms with Crippen LogP contribution in [0.2, 0.25) is 0 Å². The van der Waals surface area contributed by atoms with Crippen LogP contribution in [0.15, 0.2) is 29.6 Å². The highest BCUT2D eigenvalue weighted by Gasteiger charge is 2.08. The zero-order valence-corrected chi connectivity index (χ0v) is 12.2. The number of hydrogen-bond acceptors (Lipinski definition) is 4. The van der Waals surface area contributed by atoms with Crippen molar-refractivity contribution >= 4 is 28.6 Å². The number of amides is 1. The number of nitriles is 1. The Morgan fingerprint density at radius 1 is 1.35 bits per heavy atom. The zero-order chi connectivity index (χ0) is 14.5. The third-order valence-corrected chi connectivity index (χ3v) is 3.80. The van der Waals surface area contributed by atoms with E-state index in [0.717, 1.165) is 21.8 Å². The van der Waals surface area contributed by atoms with Crippen LogP contribution in [0, 0.1) is 18.3 Å². The van der Waals surface area contributed by atoms with E-state index in [2.05, 4.69) is 16.7 Å². The monoisotopic (exact) mass is 285 g/mol. The molecule has 0 bridgehead atoms. The minimum atomic E-state index is -0.0853. The predicted octanol–water partition coefficient (Wildman–Crippen LogP) is 3.50.